The molecule has 1 N–H and O–H groups in total. The molecule has 0 amide bonds. The van der Waals surface area contributed by atoms with Gasteiger partial charge in [-0.2, -0.15) is 0 Å². The molecule has 6 heteroatoms. The van der Waals surface area contributed by atoms with Crippen molar-refractivity contribution in [2.75, 3.05) is 4.72 Å². The first-order valence-corrected chi connectivity index (χ1v) is 11.0. The van der Waals surface area contributed by atoms with Gasteiger partial charge in [0.15, 0.2) is 0 Å². The van der Waals surface area contributed by atoms with Crippen LogP contribution in [0.4, 0.5) is 5.69 Å². The summed E-state index contributed by atoms with van der Waals surface area (Å²) in [7, 11) is -3.73. The maximum absolute atomic E-state index is 13.0. The molecule has 152 valence electrons. The molecule has 0 bridgehead atoms. The summed E-state index contributed by atoms with van der Waals surface area (Å²) in [6.07, 6.45) is 1.60. The van der Waals surface area contributed by atoms with Gasteiger partial charge in [0.2, 0.25) is 5.89 Å². The molecule has 1 heterocycles. The van der Waals surface area contributed by atoms with Gasteiger partial charge in [-0.25, -0.2) is 13.4 Å². The molecule has 4 aromatic rings. The molecule has 0 saturated carbocycles. The second-order valence-electron chi connectivity index (χ2n) is 7.30. The van der Waals surface area contributed by atoms with Gasteiger partial charge in [-0.1, -0.05) is 42.5 Å². The molecule has 0 aliphatic rings. The van der Waals surface area contributed by atoms with Gasteiger partial charge < -0.3 is 4.42 Å². The number of rotatable bonds is 5. The number of benzene rings is 3. The van der Waals surface area contributed by atoms with Gasteiger partial charge in [-0.15, -0.1) is 0 Å². The monoisotopic (exact) mass is 418 g/mol. The zero-order chi connectivity index (χ0) is 21.3. The highest BCUT2D eigenvalue weighted by Gasteiger charge is 2.19. The molecule has 0 atom stereocenters. The minimum atomic E-state index is -3.73. The minimum absolute atomic E-state index is 0.285. The van der Waals surface area contributed by atoms with E-state index in [-0.39, 0.29) is 4.90 Å². The number of nitrogens with zero attached hydrogens (tertiary/aromatic N) is 1. The van der Waals surface area contributed by atoms with E-state index < -0.39 is 10.0 Å². The molecule has 30 heavy (non-hydrogen) atoms. The van der Waals surface area contributed by atoms with E-state index >= 15 is 0 Å². The first-order chi connectivity index (χ1) is 14.3. The highest BCUT2D eigenvalue weighted by Crippen LogP contribution is 2.28. The third-order valence-electron chi connectivity index (χ3n) is 4.99. The summed E-state index contributed by atoms with van der Waals surface area (Å²) < 4.78 is 34.3. The number of oxazole rings is 1. The summed E-state index contributed by atoms with van der Waals surface area (Å²) in [5.74, 6) is 0.428. The quantitative estimate of drug-likeness (QED) is 0.449. The Bertz CT molecular complexity index is 1310. The second kappa shape index (κ2) is 7.80. The Balaban J connectivity index is 1.64. The molecule has 0 radical (unpaired) electrons. The predicted octanol–water partition coefficient (Wildman–Crippen LogP) is 5.73. The molecule has 3 aromatic carbocycles. The fourth-order valence-corrected chi connectivity index (χ4v) is 4.81. The Hall–Kier alpha value is -3.38. The van der Waals surface area contributed by atoms with Crippen LogP contribution in [0.1, 0.15) is 16.7 Å². The lowest BCUT2D eigenvalue weighted by Crippen LogP contribution is -2.15. The van der Waals surface area contributed by atoms with Crippen LogP contribution < -0.4 is 4.72 Å². The van der Waals surface area contributed by atoms with Crippen molar-refractivity contribution in [3.8, 4) is 22.7 Å². The topological polar surface area (TPSA) is 72.2 Å². The molecule has 0 saturated heterocycles. The molecule has 4 rings (SSSR count). The highest BCUT2D eigenvalue weighted by molar-refractivity contribution is 7.92. The van der Waals surface area contributed by atoms with Crippen LogP contribution >= 0.6 is 0 Å². The summed E-state index contributed by atoms with van der Waals surface area (Å²) in [6, 6.07) is 20.4. The Morgan fingerprint density at radius 3 is 2.37 bits per heavy atom. The lowest BCUT2D eigenvalue weighted by Gasteiger charge is -2.13. The number of aryl methyl sites for hydroxylation is 2. The molecule has 5 nitrogen and oxygen atoms in total. The Morgan fingerprint density at radius 2 is 1.60 bits per heavy atom. The molecule has 1 aromatic heterocycles. The van der Waals surface area contributed by atoms with Crippen molar-refractivity contribution in [3.05, 3.63) is 89.7 Å². The fraction of sp³-hybridized carbons (Fsp3) is 0.125. The molecular weight excluding hydrogens is 396 g/mol. The normalized spacial score (nSPS) is 11.4. The summed E-state index contributed by atoms with van der Waals surface area (Å²) in [4.78, 5) is 4.82. The molecule has 0 fully saturated rings. The van der Waals surface area contributed by atoms with Crippen molar-refractivity contribution in [1.82, 2.24) is 4.98 Å². The van der Waals surface area contributed by atoms with Crippen molar-refractivity contribution in [2.45, 2.75) is 25.7 Å². The third-order valence-corrected chi connectivity index (χ3v) is 6.50. The van der Waals surface area contributed by atoms with Gasteiger partial charge in [0, 0.05) is 16.8 Å². The van der Waals surface area contributed by atoms with Crippen molar-refractivity contribution >= 4 is 15.7 Å². The van der Waals surface area contributed by atoms with E-state index in [2.05, 4.69) is 9.71 Å². The van der Waals surface area contributed by atoms with Crippen molar-refractivity contribution in [2.24, 2.45) is 0 Å². The lowest BCUT2D eigenvalue weighted by atomic mass is 10.1. The number of nitrogens with one attached hydrogen (secondary N) is 1. The van der Waals surface area contributed by atoms with Crippen LogP contribution in [0.2, 0.25) is 0 Å². The third kappa shape index (κ3) is 4.00. The van der Waals surface area contributed by atoms with E-state index in [0.717, 1.165) is 27.9 Å². The minimum Gasteiger partial charge on any atom is -0.444 e. The largest absolute Gasteiger partial charge is 0.444 e. The highest BCUT2D eigenvalue weighted by atomic mass is 32.2. The van der Waals surface area contributed by atoms with Crippen LogP contribution in [-0.4, -0.2) is 13.4 Å². The summed E-state index contributed by atoms with van der Waals surface area (Å²) >= 11 is 0. The number of sulfonamides is 1. The van der Waals surface area contributed by atoms with Crippen molar-refractivity contribution < 1.29 is 12.8 Å². The van der Waals surface area contributed by atoms with E-state index in [9.17, 15) is 8.42 Å². The zero-order valence-electron chi connectivity index (χ0n) is 17.0. The number of aromatic nitrogens is 1. The fourth-order valence-electron chi connectivity index (χ4n) is 3.35. The van der Waals surface area contributed by atoms with Crippen LogP contribution in [0.3, 0.4) is 0 Å². The number of anilines is 1. The van der Waals surface area contributed by atoms with E-state index in [1.54, 1.807) is 30.5 Å². The molecule has 0 spiro atoms. The van der Waals surface area contributed by atoms with E-state index in [1.807, 2.05) is 63.2 Å². The first kappa shape index (κ1) is 19.9. The van der Waals surface area contributed by atoms with Gasteiger partial charge in [0.1, 0.15) is 12.0 Å². The van der Waals surface area contributed by atoms with E-state index in [4.69, 9.17) is 4.42 Å². The predicted molar refractivity (Wildman–Crippen MR) is 119 cm³/mol. The maximum Gasteiger partial charge on any atom is 0.262 e. The van der Waals surface area contributed by atoms with Crippen molar-refractivity contribution in [1.29, 1.82) is 0 Å². The van der Waals surface area contributed by atoms with Crippen LogP contribution in [-0.2, 0) is 10.0 Å². The molecular formula is C24H22N2O3S. The molecule has 0 unspecified atom stereocenters. The van der Waals surface area contributed by atoms with Gasteiger partial charge >= 0.3 is 0 Å². The van der Waals surface area contributed by atoms with E-state index in [1.165, 1.54) is 0 Å². The Labute approximate surface area is 176 Å². The van der Waals surface area contributed by atoms with Gasteiger partial charge in [-0.05, 0) is 61.7 Å². The standard InChI is InChI=1S/C24H22N2O3S/c1-16-12-17(2)18(3)23(13-16)30(27,28)26-21-11-7-10-20(14-21)24-25-22(15-29-24)19-8-5-4-6-9-19/h4-15,26H,1-3H3. The van der Waals surface area contributed by atoms with E-state index in [0.29, 0.717) is 17.1 Å². The number of hydrogen-bond acceptors (Lipinski definition) is 4. The average molecular weight is 419 g/mol. The maximum atomic E-state index is 13.0. The summed E-state index contributed by atoms with van der Waals surface area (Å²) in [6.45, 7) is 5.62. The average Bonchev–Trinajstić information content (AvgIpc) is 3.21. The summed E-state index contributed by atoms with van der Waals surface area (Å²) in [5, 5.41) is 0. The molecule has 0 aliphatic heterocycles. The SMILES string of the molecule is Cc1cc(C)c(C)c(S(=O)(=O)Nc2cccc(-c3nc(-c4ccccc4)co3)c2)c1. The van der Waals surface area contributed by atoms with Crippen LogP contribution in [0.15, 0.2) is 82.3 Å². The first-order valence-electron chi connectivity index (χ1n) is 9.55. The number of hydrogen-bond donors (Lipinski definition) is 1. The summed E-state index contributed by atoms with van der Waals surface area (Å²) in [5.41, 5.74) is 5.40. The Kier molecular flexibility index (Phi) is 5.18. The molecule has 0 aliphatic carbocycles. The van der Waals surface area contributed by atoms with Gasteiger partial charge in [0.05, 0.1) is 4.90 Å². The Morgan fingerprint density at radius 1 is 0.867 bits per heavy atom. The lowest BCUT2D eigenvalue weighted by molar-refractivity contribution is 0.575. The van der Waals surface area contributed by atoms with Crippen LogP contribution in [0.25, 0.3) is 22.7 Å². The van der Waals surface area contributed by atoms with Crippen LogP contribution in [0.5, 0.6) is 0 Å². The van der Waals surface area contributed by atoms with Crippen LogP contribution in [0, 0.1) is 20.8 Å². The van der Waals surface area contributed by atoms with Gasteiger partial charge in [-0.3, -0.25) is 4.72 Å². The second-order valence-corrected chi connectivity index (χ2v) is 8.95. The van der Waals surface area contributed by atoms with Crippen molar-refractivity contribution in [3.63, 3.8) is 0 Å². The smallest absolute Gasteiger partial charge is 0.262 e. The van der Waals surface area contributed by atoms with Gasteiger partial charge in [0.25, 0.3) is 10.0 Å². The zero-order valence-corrected chi connectivity index (χ0v) is 17.8.